The molecule has 20 heavy (non-hydrogen) atoms. The Bertz CT molecular complexity index is 385. The number of hydrogen-bond donors (Lipinski definition) is 2. The fraction of sp³-hybridized carbons (Fsp3) is 0.571. The van der Waals surface area contributed by atoms with Gasteiger partial charge in [-0.25, -0.2) is 4.98 Å². The highest BCUT2D eigenvalue weighted by molar-refractivity contribution is 5.85. The maximum absolute atomic E-state index is 11.6. The average Bonchev–Trinajstić information content (AvgIpc) is 2.43. The fourth-order valence-corrected chi connectivity index (χ4v) is 1.57. The Kier molecular flexibility index (Phi) is 9.76. The molecule has 0 radical (unpaired) electrons. The lowest BCUT2D eigenvalue weighted by molar-refractivity contribution is -0.122. The Hall–Kier alpha value is -1.33. The van der Waals surface area contributed by atoms with Crippen molar-refractivity contribution in [1.29, 1.82) is 0 Å². The van der Waals surface area contributed by atoms with Crippen LogP contribution in [-0.4, -0.2) is 23.5 Å². The lowest BCUT2D eigenvalue weighted by Crippen LogP contribution is -2.40. The van der Waals surface area contributed by atoms with Gasteiger partial charge >= 0.3 is 0 Å². The molecule has 0 aliphatic heterocycles. The van der Waals surface area contributed by atoms with Crippen LogP contribution in [0.15, 0.2) is 18.3 Å². The Morgan fingerprint density at radius 3 is 2.70 bits per heavy atom. The lowest BCUT2D eigenvalue weighted by Gasteiger charge is -2.11. The van der Waals surface area contributed by atoms with Crippen LogP contribution in [-0.2, 0) is 11.3 Å². The molecule has 0 bridgehead atoms. The molecule has 6 heteroatoms. The van der Waals surface area contributed by atoms with E-state index in [2.05, 4.69) is 10.3 Å². The molecule has 1 heterocycles. The highest BCUT2D eigenvalue weighted by Crippen LogP contribution is 2.07. The van der Waals surface area contributed by atoms with Crippen LogP contribution in [0.3, 0.4) is 0 Å². The largest absolute Gasteiger partial charge is 0.478 e. The molecular formula is C14H24ClN3O2. The third-order valence-corrected chi connectivity index (χ3v) is 2.65. The predicted octanol–water partition coefficient (Wildman–Crippen LogP) is 2.04. The smallest absolute Gasteiger partial charge is 0.237 e. The summed E-state index contributed by atoms with van der Waals surface area (Å²) in [6, 6.07) is 3.28. The van der Waals surface area contributed by atoms with Crippen molar-refractivity contribution in [3.05, 3.63) is 23.9 Å². The van der Waals surface area contributed by atoms with Gasteiger partial charge in [0, 0.05) is 18.8 Å². The van der Waals surface area contributed by atoms with E-state index < -0.39 is 6.04 Å². The van der Waals surface area contributed by atoms with E-state index in [-0.39, 0.29) is 18.3 Å². The highest BCUT2D eigenvalue weighted by atomic mass is 35.5. The molecule has 0 aromatic carbocycles. The van der Waals surface area contributed by atoms with E-state index in [9.17, 15) is 4.79 Å². The first-order valence-corrected chi connectivity index (χ1v) is 6.78. The van der Waals surface area contributed by atoms with E-state index in [0.29, 0.717) is 25.5 Å². The normalized spacial score (nSPS) is 11.3. The number of hydrogen-bond acceptors (Lipinski definition) is 4. The highest BCUT2D eigenvalue weighted by Gasteiger charge is 2.11. The number of amides is 1. The second-order valence-electron chi connectivity index (χ2n) is 4.47. The van der Waals surface area contributed by atoms with Crippen molar-refractivity contribution in [3.63, 3.8) is 0 Å². The molecule has 0 fully saturated rings. The van der Waals surface area contributed by atoms with E-state index in [1.54, 1.807) is 6.20 Å². The Morgan fingerprint density at radius 2 is 2.15 bits per heavy atom. The van der Waals surface area contributed by atoms with Crippen molar-refractivity contribution in [1.82, 2.24) is 10.3 Å². The SMILES string of the molecule is CCCOc1ccc(CNC(=O)C(N)CCC)cn1.Cl. The van der Waals surface area contributed by atoms with Crippen LogP contribution >= 0.6 is 12.4 Å². The molecule has 1 aromatic rings. The summed E-state index contributed by atoms with van der Waals surface area (Å²) in [7, 11) is 0. The number of pyridine rings is 1. The first kappa shape index (κ1) is 18.7. The monoisotopic (exact) mass is 301 g/mol. The van der Waals surface area contributed by atoms with Crippen LogP contribution in [0.5, 0.6) is 5.88 Å². The number of carbonyl (C=O) groups is 1. The second-order valence-corrected chi connectivity index (χ2v) is 4.47. The van der Waals surface area contributed by atoms with Gasteiger partial charge in [0.15, 0.2) is 0 Å². The Morgan fingerprint density at radius 1 is 1.40 bits per heavy atom. The molecule has 1 rings (SSSR count). The average molecular weight is 302 g/mol. The van der Waals surface area contributed by atoms with Crippen LogP contribution in [0.4, 0.5) is 0 Å². The summed E-state index contributed by atoms with van der Waals surface area (Å²) in [5.74, 6) is 0.493. The fourth-order valence-electron chi connectivity index (χ4n) is 1.57. The molecular weight excluding hydrogens is 278 g/mol. The summed E-state index contributed by atoms with van der Waals surface area (Å²) in [4.78, 5) is 15.8. The van der Waals surface area contributed by atoms with Crippen molar-refractivity contribution >= 4 is 18.3 Å². The van der Waals surface area contributed by atoms with Gasteiger partial charge in [-0.2, -0.15) is 0 Å². The maximum Gasteiger partial charge on any atom is 0.237 e. The quantitative estimate of drug-likeness (QED) is 0.770. The van der Waals surface area contributed by atoms with E-state index in [1.165, 1.54) is 0 Å². The van der Waals surface area contributed by atoms with E-state index in [0.717, 1.165) is 18.4 Å². The topological polar surface area (TPSA) is 77.2 Å². The number of halogens is 1. The van der Waals surface area contributed by atoms with Crippen LogP contribution in [0.25, 0.3) is 0 Å². The van der Waals surface area contributed by atoms with Gasteiger partial charge in [-0.15, -0.1) is 12.4 Å². The number of aromatic nitrogens is 1. The van der Waals surface area contributed by atoms with Gasteiger partial charge in [-0.3, -0.25) is 4.79 Å². The van der Waals surface area contributed by atoms with Crippen molar-refractivity contribution < 1.29 is 9.53 Å². The molecule has 0 saturated heterocycles. The summed E-state index contributed by atoms with van der Waals surface area (Å²) in [5, 5.41) is 2.80. The summed E-state index contributed by atoms with van der Waals surface area (Å²) in [6.07, 6.45) is 4.26. The molecule has 114 valence electrons. The van der Waals surface area contributed by atoms with Crippen molar-refractivity contribution in [2.24, 2.45) is 5.73 Å². The number of carbonyl (C=O) groups excluding carboxylic acids is 1. The molecule has 1 unspecified atom stereocenters. The molecule has 0 spiro atoms. The minimum Gasteiger partial charge on any atom is -0.478 e. The van der Waals surface area contributed by atoms with Crippen molar-refractivity contribution in [2.45, 2.75) is 45.7 Å². The van der Waals surface area contributed by atoms with Gasteiger partial charge in [-0.05, 0) is 18.4 Å². The van der Waals surface area contributed by atoms with Crippen LogP contribution in [0.2, 0.25) is 0 Å². The predicted molar refractivity (Wildman–Crippen MR) is 82.0 cm³/mol. The van der Waals surface area contributed by atoms with Gasteiger partial charge in [-0.1, -0.05) is 26.3 Å². The summed E-state index contributed by atoms with van der Waals surface area (Å²) >= 11 is 0. The first-order valence-electron chi connectivity index (χ1n) is 6.78. The standard InChI is InChI=1S/C14H23N3O2.ClH/c1-3-5-12(15)14(18)17-10-11-6-7-13(16-9-11)19-8-4-2;/h6-7,9,12H,3-5,8,10,15H2,1-2H3,(H,17,18);1H. The number of rotatable bonds is 8. The molecule has 0 aliphatic rings. The summed E-state index contributed by atoms with van der Waals surface area (Å²) in [5.41, 5.74) is 6.65. The summed E-state index contributed by atoms with van der Waals surface area (Å²) in [6.45, 7) is 5.15. The number of nitrogens with one attached hydrogen (secondary N) is 1. The van der Waals surface area contributed by atoms with Crippen LogP contribution in [0, 0.1) is 0 Å². The maximum atomic E-state index is 11.6. The van der Waals surface area contributed by atoms with E-state index in [1.807, 2.05) is 26.0 Å². The molecule has 5 nitrogen and oxygen atoms in total. The molecule has 1 atom stereocenters. The van der Waals surface area contributed by atoms with Gasteiger partial charge in [0.25, 0.3) is 0 Å². The van der Waals surface area contributed by atoms with E-state index in [4.69, 9.17) is 10.5 Å². The Balaban J connectivity index is 0.00000361. The zero-order valence-corrected chi connectivity index (χ0v) is 12.9. The minimum atomic E-state index is -0.426. The number of nitrogens with zero attached hydrogens (tertiary/aromatic N) is 1. The number of nitrogens with two attached hydrogens (primary N) is 1. The third kappa shape index (κ3) is 6.73. The summed E-state index contributed by atoms with van der Waals surface area (Å²) < 4.78 is 5.39. The molecule has 3 N–H and O–H groups in total. The van der Waals surface area contributed by atoms with Crippen molar-refractivity contribution in [2.75, 3.05) is 6.61 Å². The third-order valence-electron chi connectivity index (χ3n) is 2.65. The second kappa shape index (κ2) is 10.5. The zero-order valence-electron chi connectivity index (χ0n) is 12.1. The van der Waals surface area contributed by atoms with Crippen LogP contribution in [0.1, 0.15) is 38.7 Å². The number of ether oxygens (including phenoxy) is 1. The first-order chi connectivity index (χ1) is 9.17. The Labute approximate surface area is 126 Å². The molecule has 1 aromatic heterocycles. The zero-order chi connectivity index (χ0) is 14.1. The van der Waals surface area contributed by atoms with Gasteiger partial charge in [0.1, 0.15) is 0 Å². The molecule has 0 saturated carbocycles. The lowest BCUT2D eigenvalue weighted by atomic mass is 10.1. The van der Waals surface area contributed by atoms with Gasteiger partial charge in [0.2, 0.25) is 11.8 Å². The molecule has 0 aliphatic carbocycles. The minimum absolute atomic E-state index is 0. The van der Waals surface area contributed by atoms with Gasteiger partial charge in [0.05, 0.1) is 12.6 Å². The molecule has 1 amide bonds. The van der Waals surface area contributed by atoms with Crippen molar-refractivity contribution in [3.8, 4) is 5.88 Å². The van der Waals surface area contributed by atoms with Crippen LogP contribution < -0.4 is 15.8 Å². The van der Waals surface area contributed by atoms with E-state index >= 15 is 0 Å². The van der Waals surface area contributed by atoms with Gasteiger partial charge < -0.3 is 15.8 Å².